The number of hydrogen-bond acceptors (Lipinski definition) is 4. The van der Waals surface area contributed by atoms with E-state index >= 15 is 0 Å². The van der Waals surface area contributed by atoms with Gasteiger partial charge in [-0.1, -0.05) is 19.1 Å². The second kappa shape index (κ2) is 3.47. The molecule has 1 atom stereocenters. The first kappa shape index (κ1) is 12.0. The molecule has 0 spiro atoms. The molecule has 2 aliphatic rings. The fourth-order valence-electron chi connectivity index (χ4n) is 2.65. The smallest absolute Gasteiger partial charge is 0.237 e. The van der Waals surface area contributed by atoms with Crippen LogP contribution in [0.3, 0.4) is 0 Å². The molecule has 1 unspecified atom stereocenters. The number of aromatic hydroxyl groups is 1. The second-order valence-corrected chi connectivity index (χ2v) is 5.53. The van der Waals surface area contributed by atoms with Crippen LogP contribution >= 0.6 is 0 Å². The largest absolute Gasteiger partial charge is 0.507 e. The summed E-state index contributed by atoms with van der Waals surface area (Å²) in [5, 5.41) is 9.81. The van der Waals surface area contributed by atoms with Crippen LogP contribution in [0.4, 0.5) is 0 Å². The van der Waals surface area contributed by atoms with Crippen molar-refractivity contribution in [2.75, 3.05) is 0 Å². The second-order valence-electron chi connectivity index (χ2n) is 5.53. The molecule has 0 amide bonds. The summed E-state index contributed by atoms with van der Waals surface area (Å²) in [6.45, 7) is 5.65. The molecule has 3 rings (SSSR count). The summed E-state index contributed by atoms with van der Waals surface area (Å²) < 4.78 is 5.86. The Kier molecular flexibility index (Phi) is 2.18. The van der Waals surface area contributed by atoms with Crippen LogP contribution in [0.25, 0.3) is 5.76 Å². The summed E-state index contributed by atoms with van der Waals surface area (Å²) in [4.78, 5) is 24.4. The van der Waals surface area contributed by atoms with E-state index in [9.17, 15) is 14.7 Å². The summed E-state index contributed by atoms with van der Waals surface area (Å²) in [6, 6.07) is 4.74. The first-order valence-electron chi connectivity index (χ1n) is 6.19. The number of hydrogen-bond donors (Lipinski definition) is 1. The maximum atomic E-state index is 12.2. The molecular formula is C15H14O4. The zero-order valence-corrected chi connectivity index (χ0v) is 11.0. The van der Waals surface area contributed by atoms with Crippen LogP contribution < -0.4 is 0 Å². The van der Waals surface area contributed by atoms with Gasteiger partial charge in [0.25, 0.3) is 0 Å². The van der Waals surface area contributed by atoms with E-state index in [1.165, 1.54) is 6.07 Å². The van der Waals surface area contributed by atoms with Crippen LogP contribution in [0.15, 0.2) is 23.8 Å². The van der Waals surface area contributed by atoms with Gasteiger partial charge in [-0.2, -0.15) is 0 Å². The van der Waals surface area contributed by atoms with Gasteiger partial charge in [-0.25, -0.2) is 0 Å². The molecule has 0 radical (unpaired) electrons. The van der Waals surface area contributed by atoms with Crippen LogP contribution in [0.1, 0.15) is 36.7 Å². The van der Waals surface area contributed by atoms with Gasteiger partial charge >= 0.3 is 0 Å². The van der Waals surface area contributed by atoms with Gasteiger partial charge in [0.2, 0.25) is 11.6 Å². The van der Waals surface area contributed by atoms with E-state index in [4.69, 9.17) is 4.74 Å². The van der Waals surface area contributed by atoms with E-state index < -0.39 is 17.2 Å². The van der Waals surface area contributed by atoms with Crippen molar-refractivity contribution in [3.8, 4) is 5.75 Å². The molecule has 1 aliphatic carbocycles. The third kappa shape index (κ3) is 1.40. The Morgan fingerprint density at radius 2 is 1.89 bits per heavy atom. The molecule has 19 heavy (non-hydrogen) atoms. The van der Waals surface area contributed by atoms with Crippen molar-refractivity contribution in [2.45, 2.75) is 26.4 Å². The zero-order chi connectivity index (χ0) is 13.9. The first-order chi connectivity index (χ1) is 8.84. The highest BCUT2D eigenvalue weighted by atomic mass is 16.5. The molecule has 1 aromatic carbocycles. The Morgan fingerprint density at radius 3 is 2.58 bits per heavy atom. The molecule has 1 aliphatic heterocycles. The van der Waals surface area contributed by atoms with E-state index in [-0.39, 0.29) is 17.2 Å². The molecule has 98 valence electrons. The molecule has 1 heterocycles. The van der Waals surface area contributed by atoms with Crippen molar-refractivity contribution >= 4 is 17.3 Å². The van der Waals surface area contributed by atoms with Crippen LogP contribution in [-0.4, -0.2) is 22.3 Å². The third-order valence-corrected chi connectivity index (χ3v) is 4.05. The highest BCUT2D eigenvalue weighted by Gasteiger charge is 2.48. The van der Waals surface area contributed by atoms with Crippen molar-refractivity contribution in [3.05, 3.63) is 34.9 Å². The van der Waals surface area contributed by atoms with E-state index in [2.05, 4.69) is 0 Å². The van der Waals surface area contributed by atoms with Crippen LogP contribution in [0, 0.1) is 5.92 Å². The molecule has 0 saturated heterocycles. The fraction of sp³-hybridized carbons (Fsp3) is 0.333. The summed E-state index contributed by atoms with van der Waals surface area (Å²) >= 11 is 0. The van der Waals surface area contributed by atoms with E-state index in [0.717, 1.165) is 0 Å². The molecular weight excluding hydrogens is 244 g/mol. The Hall–Kier alpha value is -2.10. The molecule has 1 N–H and O–H groups in total. The Balaban J connectivity index is 2.31. The van der Waals surface area contributed by atoms with E-state index in [0.29, 0.717) is 16.9 Å². The minimum absolute atomic E-state index is 0.0520. The maximum absolute atomic E-state index is 12.2. The number of Topliss-reactive ketones (excluding diaryl/α,β-unsaturated/α-hetero) is 2. The number of ether oxygens (including phenoxy) is 1. The number of carbonyl (C=O) groups excluding carboxylic acids is 2. The average Bonchev–Trinajstić information content (AvgIpc) is 2.58. The molecule has 1 aromatic rings. The van der Waals surface area contributed by atoms with Gasteiger partial charge in [0.05, 0.1) is 11.1 Å². The molecule has 4 heteroatoms. The number of phenolic OH excluding ortho intramolecular Hbond substituents is 1. The van der Waals surface area contributed by atoms with Crippen molar-refractivity contribution in [2.24, 2.45) is 5.92 Å². The number of rotatable bonds is 0. The van der Waals surface area contributed by atoms with Gasteiger partial charge in [-0.3, -0.25) is 9.59 Å². The number of phenols is 1. The van der Waals surface area contributed by atoms with Gasteiger partial charge in [-0.05, 0) is 19.9 Å². The van der Waals surface area contributed by atoms with Gasteiger partial charge in [-0.15, -0.1) is 0 Å². The van der Waals surface area contributed by atoms with Crippen molar-refractivity contribution < 1.29 is 19.4 Å². The Bertz CT molecular complexity index is 652. The van der Waals surface area contributed by atoms with Crippen molar-refractivity contribution in [3.63, 3.8) is 0 Å². The van der Waals surface area contributed by atoms with Crippen LogP contribution in [-0.2, 0) is 9.53 Å². The normalized spacial score (nSPS) is 24.1. The monoisotopic (exact) mass is 258 g/mol. The molecule has 0 bridgehead atoms. The number of fused-ring (bicyclic) bond motifs is 2. The predicted octanol–water partition coefficient (Wildman–Crippen LogP) is 2.31. The summed E-state index contributed by atoms with van der Waals surface area (Å²) in [6.07, 6.45) is 0. The number of ketones is 2. The number of carbonyl (C=O) groups is 2. The minimum atomic E-state index is -0.653. The summed E-state index contributed by atoms with van der Waals surface area (Å²) in [5.74, 6) is -1.12. The van der Waals surface area contributed by atoms with Gasteiger partial charge in [0.15, 0.2) is 0 Å². The lowest BCUT2D eigenvalue weighted by atomic mass is 9.80. The predicted molar refractivity (Wildman–Crippen MR) is 68.7 cm³/mol. The lowest BCUT2D eigenvalue weighted by Crippen LogP contribution is -2.30. The standard InChI is InChI=1S/C15H14O4/c1-7-10-12(17)13(18)11-8(5-4-6-9(11)16)14(10)19-15(7,2)3/h4-7,16H,1-3H3. The third-order valence-electron chi connectivity index (χ3n) is 4.05. The molecule has 4 nitrogen and oxygen atoms in total. The number of benzene rings is 1. The zero-order valence-electron chi connectivity index (χ0n) is 11.0. The van der Waals surface area contributed by atoms with E-state index in [1.807, 2.05) is 20.8 Å². The SMILES string of the molecule is CC1C2=C(OC1(C)C)c1cccc(O)c1C(=O)C2=O. The van der Waals surface area contributed by atoms with Crippen LogP contribution in [0.5, 0.6) is 5.75 Å². The highest BCUT2D eigenvalue weighted by molar-refractivity contribution is 6.53. The molecule has 0 fully saturated rings. The lowest BCUT2D eigenvalue weighted by Gasteiger charge is -2.24. The quantitative estimate of drug-likeness (QED) is 0.725. The van der Waals surface area contributed by atoms with Crippen molar-refractivity contribution in [1.82, 2.24) is 0 Å². The molecule has 0 aromatic heterocycles. The van der Waals surface area contributed by atoms with Gasteiger partial charge in [0, 0.05) is 11.5 Å². The summed E-state index contributed by atoms with van der Waals surface area (Å²) in [5.41, 5.74) is 0.453. The highest BCUT2D eigenvalue weighted by Crippen LogP contribution is 2.48. The average molecular weight is 258 g/mol. The first-order valence-corrected chi connectivity index (χ1v) is 6.19. The Morgan fingerprint density at radius 1 is 1.21 bits per heavy atom. The van der Waals surface area contributed by atoms with Gasteiger partial charge < -0.3 is 9.84 Å². The van der Waals surface area contributed by atoms with Crippen molar-refractivity contribution in [1.29, 1.82) is 0 Å². The van der Waals surface area contributed by atoms with E-state index in [1.54, 1.807) is 12.1 Å². The minimum Gasteiger partial charge on any atom is -0.507 e. The molecule has 0 saturated carbocycles. The van der Waals surface area contributed by atoms with Gasteiger partial charge in [0.1, 0.15) is 17.1 Å². The maximum Gasteiger partial charge on any atom is 0.237 e. The Labute approximate surface area is 110 Å². The topological polar surface area (TPSA) is 63.6 Å². The lowest BCUT2D eigenvalue weighted by molar-refractivity contribution is -0.112. The fourth-order valence-corrected chi connectivity index (χ4v) is 2.65. The van der Waals surface area contributed by atoms with Crippen LogP contribution in [0.2, 0.25) is 0 Å². The summed E-state index contributed by atoms with van der Waals surface area (Å²) in [7, 11) is 0.